The number of para-hydroxylation sites is 1. The van der Waals surface area contributed by atoms with Gasteiger partial charge in [0.15, 0.2) is 0 Å². The highest BCUT2D eigenvalue weighted by Crippen LogP contribution is 2.24. The Bertz CT molecular complexity index is 918. The number of thiazole rings is 1. The fourth-order valence-corrected chi connectivity index (χ4v) is 4.50. The quantitative estimate of drug-likeness (QED) is 0.640. The van der Waals surface area contributed by atoms with Gasteiger partial charge in [0.25, 0.3) is 5.91 Å². The summed E-state index contributed by atoms with van der Waals surface area (Å²) in [6.07, 6.45) is 0. The molecular weight excluding hydrogens is 389 g/mol. The Morgan fingerprint density at radius 1 is 1.08 bits per heavy atom. The van der Waals surface area contributed by atoms with Gasteiger partial charge in [-0.1, -0.05) is 35.3 Å². The van der Waals surface area contributed by atoms with Crippen molar-refractivity contribution in [3.8, 4) is 0 Å². The summed E-state index contributed by atoms with van der Waals surface area (Å²) >= 11 is 13.9. The van der Waals surface area contributed by atoms with Crippen LogP contribution >= 0.6 is 34.5 Å². The van der Waals surface area contributed by atoms with Crippen LogP contribution in [0.4, 0.5) is 0 Å². The van der Waals surface area contributed by atoms with E-state index in [9.17, 15) is 4.79 Å². The van der Waals surface area contributed by atoms with Crippen molar-refractivity contribution in [2.45, 2.75) is 6.54 Å². The average molecular weight is 406 g/mol. The Balaban J connectivity index is 1.39. The maximum atomic E-state index is 12.7. The normalized spacial score (nSPS) is 15.5. The van der Waals surface area contributed by atoms with Crippen molar-refractivity contribution in [3.63, 3.8) is 0 Å². The third-order valence-corrected chi connectivity index (χ3v) is 6.10. The van der Waals surface area contributed by atoms with E-state index in [1.807, 2.05) is 23.1 Å². The molecule has 7 heteroatoms. The van der Waals surface area contributed by atoms with E-state index < -0.39 is 0 Å². The molecule has 0 N–H and O–H groups in total. The van der Waals surface area contributed by atoms with Gasteiger partial charge >= 0.3 is 0 Å². The molecule has 0 atom stereocenters. The summed E-state index contributed by atoms with van der Waals surface area (Å²) in [7, 11) is 0. The molecule has 1 aliphatic heterocycles. The first-order valence-electron chi connectivity index (χ1n) is 8.41. The van der Waals surface area contributed by atoms with Crippen molar-refractivity contribution < 1.29 is 4.79 Å². The van der Waals surface area contributed by atoms with E-state index in [0.29, 0.717) is 28.7 Å². The Kier molecular flexibility index (Phi) is 5.14. The number of amides is 1. The van der Waals surface area contributed by atoms with Crippen molar-refractivity contribution in [2.24, 2.45) is 0 Å². The molecule has 1 fully saturated rings. The highest BCUT2D eigenvalue weighted by atomic mass is 35.5. The second-order valence-corrected chi connectivity index (χ2v) is 8.23. The number of halogens is 2. The molecule has 4 rings (SSSR count). The number of piperazine rings is 1. The summed E-state index contributed by atoms with van der Waals surface area (Å²) in [6, 6.07) is 13.2. The first-order chi connectivity index (χ1) is 12.6. The van der Waals surface area contributed by atoms with E-state index in [1.54, 1.807) is 29.5 Å². The van der Waals surface area contributed by atoms with Crippen LogP contribution in [0.25, 0.3) is 10.2 Å². The van der Waals surface area contributed by atoms with E-state index in [2.05, 4.69) is 11.0 Å². The van der Waals surface area contributed by atoms with Crippen LogP contribution in [0.1, 0.15) is 15.4 Å². The van der Waals surface area contributed by atoms with Crippen molar-refractivity contribution in [2.75, 3.05) is 26.2 Å². The summed E-state index contributed by atoms with van der Waals surface area (Å²) < 4.78 is 1.21. The topological polar surface area (TPSA) is 36.4 Å². The smallest absolute Gasteiger partial charge is 0.255 e. The van der Waals surface area contributed by atoms with Crippen LogP contribution in [-0.4, -0.2) is 46.9 Å². The molecule has 134 valence electrons. The Morgan fingerprint density at radius 3 is 2.62 bits per heavy atom. The largest absolute Gasteiger partial charge is 0.336 e. The van der Waals surface area contributed by atoms with Gasteiger partial charge < -0.3 is 4.90 Å². The summed E-state index contributed by atoms with van der Waals surface area (Å²) in [4.78, 5) is 21.6. The van der Waals surface area contributed by atoms with Crippen LogP contribution in [0.5, 0.6) is 0 Å². The molecule has 1 aromatic heterocycles. The monoisotopic (exact) mass is 405 g/mol. The lowest BCUT2D eigenvalue weighted by atomic mass is 10.2. The summed E-state index contributed by atoms with van der Waals surface area (Å²) in [6.45, 7) is 3.80. The Morgan fingerprint density at radius 2 is 1.85 bits per heavy atom. The number of carbonyl (C=O) groups is 1. The van der Waals surface area contributed by atoms with Crippen LogP contribution in [-0.2, 0) is 6.54 Å². The summed E-state index contributed by atoms with van der Waals surface area (Å²) in [5, 5.41) is 2.08. The minimum Gasteiger partial charge on any atom is -0.336 e. The van der Waals surface area contributed by atoms with E-state index >= 15 is 0 Å². The molecular formula is C19H17Cl2N3OS. The highest BCUT2D eigenvalue weighted by Gasteiger charge is 2.24. The van der Waals surface area contributed by atoms with Gasteiger partial charge in [0.1, 0.15) is 5.01 Å². The standard InChI is InChI=1S/C19H17Cl2N3OS/c20-13-5-6-15(21)14(11-13)19(25)24-9-7-23(8-10-24)12-18-22-16-3-1-2-4-17(16)26-18/h1-6,11H,7-10,12H2. The molecule has 1 aliphatic rings. The summed E-state index contributed by atoms with van der Waals surface area (Å²) in [5.41, 5.74) is 1.52. The molecule has 2 aromatic carbocycles. The van der Waals surface area contributed by atoms with E-state index in [1.165, 1.54) is 4.70 Å². The number of fused-ring (bicyclic) bond motifs is 1. The van der Waals surface area contributed by atoms with Crippen molar-refractivity contribution in [3.05, 3.63) is 63.1 Å². The first kappa shape index (κ1) is 17.7. The highest BCUT2D eigenvalue weighted by molar-refractivity contribution is 7.18. The molecule has 0 unspecified atom stereocenters. The van der Waals surface area contributed by atoms with Gasteiger partial charge in [0.05, 0.1) is 27.3 Å². The van der Waals surface area contributed by atoms with E-state index in [-0.39, 0.29) is 5.91 Å². The van der Waals surface area contributed by atoms with Crippen LogP contribution < -0.4 is 0 Å². The zero-order chi connectivity index (χ0) is 18.1. The molecule has 0 aliphatic carbocycles. The Hall–Kier alpha value is -1.66. The third kappa shape index (κ3) is 3.71. The van der Waals surface area contributed by atoms with Crippen LogP contribution in [0.2, 0.25) is 10.0 Å². The van der Waals surface area contributed by atoms with Gasteiger partial charge in [-0.15, -0.1) is 11.3 Å². The molecule has 1 saturated heterocycles. The predicted molar refractivity (Wildman–Crippen MR) is 107 cm³/mol. The first-order valence-corrected chi connectivity index (χ1v) is 9.98. The minimum atomic E-state index is -0.0582. The lowest BCUT2D eigenvalue weighted by Crippen LogP contribution is -2.48. The predicted octanol–water partition coefficient (Wildman–Crippen LogP) is 4.56. The number of rotatable bonds is 3. The van der Waals surface area contributed by atoms with Crippen molar-refractivity contribution in [1.82, 2.24) is 14.8 Å². The third-order valence-electron chi connectivity index (χ3n) is 4.52. The number of hydrogen-bond acceptors (Lipinski definition) is 4. The van der Waals surface area contributed by atoms with E-state index in [0.717, 1.165) is 30.2 Å². The second-order valence-electron chi connectivity index (χ2n) is 6.27. The zero-order valence-electron chi connectivity index (χ0n) is 14.0. The van der Waals surface area contributed by atoms with Gasteiger partial charge in [-0.25, -0.2) is 4.98 Å². The van der Waals surface area contributed by atoms with Crippen LogP contribution in [0.3, 0.4) is 0 Å². The summed E-state index contributed by atoms with van der Waals surface area (Å²) in [5.74, 6) is -0.0582. The average Bonchev–Trinajstić information content (AvgIpc) is 3.06. The second kappa shape index (κ2) is 7.53. The van der Waals surface area contributed by atoms with Gasteiger partial charge in [-0.2, -0.15) is 0 Å². The number of carbonyl (C=O) groups excluding carboxylic acids is 1. The molecule has 0 radical (unpaired) electrons. The van der Waals surface area contributed by atoms with Gasteiger partial charge in [0.2, 0.25) is 0 Å². The lowest BCUT2D eigenvalue weighted by Gasteiger charge is -2.34. The number of nitrogens with zero attached hydrogens (tertiary/aromatic N) is 3. The fourth-order valence-electron chi connectivity index (χ4n) is 3.12. The van der Waals surface area contributed by atoms with Gasteiger partial charge in [-0.05, 0) is 30.3 Å². The number of hydrogen-bond donors (Lipinski definition) is 0. The van der Waals surface area contributed by atoms with Crippen LogP contribution in [0.15, 0.2) is 42.5 Å². The van der Waals surface area contributed by atoms with Gasteiger partial charge in [-0.3, -0.25) is 9.69 Å². The molecule has 0 bridgehead atoms. The zero-order valence-corrected chi connectivity index (χ0v) is 16.3. The maximum absolute atomic E-state index is 12.7. The minimum absolute atomic E-state index is 0.0582. The van der Waals surface area contributed by atoms with Crippen molar-refractivity contribution in [1.29, 1.82) is 0 Å². The molecule has 26 heavy (non-hydrogen) atoms. The lowest BCUT2D eigenvalue weighted by molar-refractivity contribution is 0.0628. The SMILES string of the molecule is O=C(c1cc(Cl)ccc1Cl)N1CCN(Cc2nc3ccccc3s2)CC1. The molecule has 0 saturated carbocycles. The van der Waals surface area contributed by atoms with Crippen molar-refractivity contribution >= 4 is 50.7 Å². The fraction of sp³-hybridized carbons (Fsp3) is 0.263. The number of benzene rings is 2. The molecule has 4 nitrogen and oxygen atoms in total. The maximum Gasteiger partial charge on any atom is 0.255 e. The van der Waals surface area contributed by atoms with E-state index in [4.69, 9.17) is 28.2 Å². The number of aromatic nitrogens is 1. The Labute approximate surface area is 166 Å². The molecule has 2 heterocycles. The molecule has 1 amide bonds. The van der Waals surface area contributed by atoms with Crippen LogP contribution in [0, 0.1) is 0 Å². The molecule has 3 aromatic rings. The molecule has 0 spiro atoms. The van der Waals surface area contributed by atoms with Gasteiger partial charge in [0, 0.05) is 31.2 Å².